The fourth-order valence-electron chi connectivity index (χ4n) is 3.19. The van der Waals surface area contributed by atoms with Crippen LogP contribution in [0, 0.1) is 0 Å². The molecule has 0 aliphatic carbocycles. The van der Waals surface area contributed by atoms with E-state index in [4.69, 9.17) is 28.8 Å². The van der Waals surface area contributed by atoms with Crippen molar-refractivity contribution >= 4 is 0 Å². The zero-order chi connectivity index (χ0) is 18.3. The predicted octanol–water partition coefficient (Wildman–Crippen LogP) is 0.123. The van der Waals surface area contributed by atoms with Crippen LogP contribution in [0.25, 0.3) is 0 Å². The van der Waals surface area contributed by atoms with E-state index in [1.807, 2.05) is 20.8 Å². The molecular formula is C16H30O8. The van der Waals surface area contributed by atoms with Gasteiger partial charge >= 0.3 is 0 Å². The first-order chi connectivity index (χ1) is 11.0. The molecule has 7 atom stereocenters. The maximum atomic E-state index is 9.37. The Morgan fingerprint density at radius 3 is 1.96 bits per heavy atom. The van der Waals surface area contributed by atoms with Crippen LogP contribution in [-0.4, -0.2) is 76.4 Å². The van der Waals surface area contributed by atoms with Crippen molar-refractivity contribution < 1.29 is 39.0 Å². The summed E-state index contributed by atoms with van der Waals surface area (Å²) >= 11 is 0. The fraction of sp³-hybridized carbons (Fsp3) is 1.00. The second-order valence-corrected chi connectivity index (χ2v) is 7.36. The Kier molecular flexibility index (Phi) is 5.94. The molecule has 24 heavy (non-hydrogen) atoms. The first-order valence-corrected chi connectivity index (χ1v) is 8.29. The largest absolute Gasteiger partial charge is 0.394 e. The third-order valence-electron chi connectivity index (χ3n) is 4.14. The van der Waals surface area contributed by atoms with Gasteiger partial charge in [-0.15, -0.1) is 0 Å². The Morgan fingerprint density at radius 2 is 1.50 bits per heavy atom. The van der Waals surface area contributed by atoms with Crippen molar-refractivity contribution in [3.63, 3.8) is 0 Å². The van der Waals surface area contributed by atoms with Gasteiger partial charge in [0, 0.05) is 0 Å². The zero-order valence-electron chi connectivity index (χ0n) is 15.1. The van der Waals surface area contributed by atoms with E-state index >= 15 is 0 Å². The van der Waals surface area contributed by atoms with E-state index in [2.05, 4.69) is 0 Å². The molecule has 0 spiro atoms. The van der Waals surface area contributed by atoms with Gasteiger partial charge in [-0.1, -0.05) is 0 Å². The van der Waals surface area contributed by atoms with Gasteiger partial charge < -0.3 is 39.0 Å². The lowest BCUT2D eigenvalue weighted by Gasteiger charge is -2.20. The highest BCUT2D eigenvalue weighted by Gasteiger charge is 2.53. The topological polar surface area (TPSA) is 107 Å². The molecule has 8 nitrogen and oxygen atoms in total. The predicted molar refractivity (Wildman–Crippen MR) is 83.0 cm³/mol. The highest BCUT2D eigenvalue weighted by molar-refractivity contribution is 4.92. The molecule has 0 aromatic heterocycles. The van der Waals surface area contributed by atoms with Gasteiger partial charge in [0.1, 0.15) is 24.4 Å². The maximum Gasteiger partial charge on any atom is 0.184 e. The van der Waals surface area contributed by atoms with Gasteiger partial charge in [-0.25, -0.2) is 0 Å². The van der Waals surface area contributed by atoms with E-state index in [-0.39, 0.29) is 24.9 Å². The normalized spacial score (nSPS) is 43.9. The smallest absolute Gasteiger partial charge is 0.184 e. The third kappa shape index (κ3) is 4.44. The minimum absolute atomic E-state index is 0.0909. The van der Waals surface area contributed by atoms with Crippen LogP contribution in [0.2, 0.25) is 0 Å². The minimum Gasteiger partial charge on any atom is -0.394 e. The molecule has 0 saturated carbocycles. The van der Waals surface area contributed by atoms with Crippen LogP contribution in [-0.2, 0) is 23.7 Å². The van der Waals surface area contributed by atoms with E-state index in [1.54, 1.807) is 20.8 Å². The standard InChI is InChI=1S/C8H14O4.C8H16O4/c1-4-5-6(7(9)10-4)12-8(2,3)11-5;1-5(10)7-6(4-9)11-8(2,3)12-7/h4-7,9H,1-3H3;5-7,9-10H,4H2,1-3H3/t4-,5-,6-,7?;5-,6+,7-/m11/s1. The molecule has 142 valence electrons. The lowest BCUT2D eigenvalue weighted by atomic mass is 10.1. The molecule has 0 radical (unpaired) electrons. The fourth-order valence-corrected chi connectivity index (χ4v) is 3.19. The molecule has 3 N–H and O–H groups in total. The first-order valence-electron chi connectivity index (χ1n) is 8.29. The number of aliphatic hydroxyl groups is 3. The van der Waals surface area contributed by atoms with Crippen molar-refractivity contribution in [1.29, 1.82) is 0 Å². The molecule has 0 amide bonds. The summed E-state index contributed by atoms with van der Waals surface area (Å²) in [5, 5.41) is 27.5. The Bertz CT molecular complexity index is 396. The lowest BCUT2D eigenvalue weighted by molar-refractivity contribution is -0.217. The van der Waals surface area contributed by atoms with E-state index in [0.29, 0.717) is 0 Å². The van der Waals surface area contributed by atoms with Crippen LogP contribution in [0.5, 0.6) is 0 Å². The van der Waals surface area contributed by atoms with Crippen molar-refractivity contribution in [2.45, 2.75) is 96.0 Å². The van der Waals surface area contributed by atoms with Gasteiger partial charge in [0.2, 0.25) is 0 Å². The molecule has 3 aliphatic rings. The lowest BCUT2D eigenvalue weighted by Crippen LogP contribution is -2.35. The van der Waals surface area contributed by atoms with Crippen LogP contribution in [0.3, 0.4) is 0 Å². The molecule has 0 bridgehead atoms. The quantitative estimate of drug-likeness (QED) is 0.645. The molecule has 8 heteroatoms. The summed E-state index contributed by atoms with van der Waals surface area (Å²) in [4.78, 5) is 0. The summed E-state index contributed by atoms with van der Waals surface area (Å²) in [5.41, 5.74) is 0. The summed E-state index contributed by atoms with van der Waals surface area (Å²) in [6.45, 7) is 10.6. The monoisotopic (exact) mass is 350 g/mol. The molecule has 3 saturated heterocycles. The zero-order valence-corrected chi connectivity index (χ0v) is 15.1. The third-order valence-corrected chi connectivity index (χ3v) is 4.14. The Hall–Kier alpha value is -0.320. The van der Waals surface area contributed by atoms with Gasteiger partial charge in [0.25, 0.3) is 0 Å². The minimum atomic E-state index is -0.841. The molecule has 3 heterocycles. The summed E-state index contributed by atoms with van der Waals surface area (Å²) in [6, 6.07) is 0. The number of ether oxygens (including phenoxy) is 5. The second kappa shape index (κ2) is 7.13. The first kappa shape index (κ1) is 20.0. The average molecular weight is 350 g/mol. The Labute approximate surface area is 142 Å². The molecule has 3 aliphatic heterocycles. The molecule has 3 fully saturated rings. The second-order valence-electron chi connectivity index (χ2n) is 7.36. The summed E-state index contributed by atoms with van der Waals surface area (Å²) in [5.74, 6) is -1.29. The van der Waals surface area contributed by atoms with Gasteiger partial charge in [-0.2, -0.15) is 0 Å². The number of fused-ring (bicyclic) bond motifs is 1. The number of aliphatic hydroxyl groups excluding tert-OH is 3. The Balaban J connectivity index is 0.000000174. The average Bonchev–Trinajstić information content (AvgIpc) is 3.02. The van der Waals surface area contributed by atoms with Crippen molar-refractivity contribution in [3.8, 4) is 0 Å². The maximum absolute atomic E-state index is 9.37. The summed E-state index contributed by atoms with van der Waals surface area (Å²) < 4.78 is 26.9. The Morgan fingerprint density at radius 1 is 0.958 bits per heavy atom. The van der Waals surface area contributed by atoms with Gasteiger partial charge in [0.15, 0.2) is 17.9 Å². The van der Waals surface area contributed by atoms with Crippen molar-refractivity contribution in [3.05, 3.63) is 0 Å². The number of rotatable bonds is 2. The molecule has 1 unspecified atom stereocenters. The summed E-state index contributed by atoms with van der Waals surface area (Å²) in [6.07, 6.45) is -2.85. The van der Waals surface area contributed by atoms with Crippen molar-refractivity contribution in [1.82, 2.24) is 0 Å². The highest BCUT2D eigenvalue weighted by atomic mass is 16.8. The molecule has 0 aromatic carbocycles. The van der Waals surface area contributed by atoms with Crippen LogP contribution >= 0.6 is 0 Å². The van der Waals surface area contributed by atoms with Gasteiger partial charge in [0.05, 0.1) is 18.8 Å². The van der Waals surface area contributed by atoms with E-state index in [0.717, 1.165) is 0 Å². The van der Waals surface area contributed by atoms with Crippen molar-refractivity contribution in [2.75, 3.05) is 6.61 Å². The van der Waals surface area contributed by atoms with E-state index in [9.17, 15) is 10.2 Å². The number of hydrogen-bond donors (Lipinski definition) is 3. The van der Waals surface area contributed by atoms with Crippen molar-refractivity contribution in [2.24, 2.45) is 0 Å². The van der Waals surface area contributed by atoms with E-state index in [1.165, 1.54) is 0 Å². The van der Waals surface area contributed by atoms with Crippen LogP contribution < -0.4 is 0 Å². The van der Waals surface area contributed by atoms with Crippen LogP contribution in [0.15, 0.2) is 0 Å². The van der Waals surface area contributed by atoms with Gasteiger partial charge in [-0.05, 0) is 41.5 Å². The molecule has 0 aromatic rings. The SMILES string of the molecule is C[C@@H](O)[C@H]1OC(C)(C)O[C@H]1CO.C[C@H]1OC(O)[C@@H]2OC(C)(C)O[C@H]12. The number of hydrogen-bond acceptors (Lipinski definition) is 8. The molecule has 3 rings (SSSR count). The van der Waals surface area contributed by atoms with Gasteiger partial charge in [-0.3, -0.25) is 0 Å². The highest BCUT2D eigenvalue weighted by Crippen LogP contribution is 2.37. The summed E-state index contributed by atoms with van der Waals surface area (Å²) in [7, 11) is 0. The molecular weight excluding hydrogens is 320 g/mol. The van der Waals surface area contributed by atoms with E-state index < -0.39 is 36.2 Å². The van der Waals surface area contributed by atoms with Crippen LogP contribution in [0.4, 0.5) is 0 Å². The van der Waals surface area contributed by atoms with Crippen LogP contribution in [0.1, 0.15) is 41.5 Å².